The number of benzene rings is 2. The van der Waals surface area contributed by atoms with Crippen molar-refractivity contribution in [2.75, 3.05) is 23.3 Å². The van der Waals surface area contributed by atoms with Gasteiger partial charge in [0.25, 0.3) is 15.9 Å². The van der Waals surface area contributed by atoms with E-state index in [-0.39, 0.29) is 10.8 Å². The van der Waals surface area contributed by atoms with E-state index in [4.69, 9.17) is 9.47 Å². The Kier molecular flexibility index (Phi) is 5.31. The van der Waals surface area contributed by atoms with Crippen LogP contribution in [0.15, 0.2) is 72.0 Å². The molecule has 2 aromatic carbocycles. The van der Waals surface area contributed by atoms with E-state index in [0.29, 0.717) is 47.3 Å². The number of fused-ring (bicyclic) bond motifs is 2. The van der Waals surface area contributed by atoms with Crippen molar-refractivity contribution in [1.29, 1.82) is 0 Å². The van der Waals surface area contributed by atoms with Crippen LogP contribution in [0.5, 0.6) is 11.5 Å². The molecule has 0 saturated carbocycles. The lowest BCUT2D eigenvalue weighted by molar-refractivity contribution is 0.102. The first-order valence-electron chi connectivity index (χ1n) is 10.1. The van der Waals surface area contributed by atoms with E-state index in [1.165, 1.54) is 22.8 Å². The van der Waals surface area contributed by atoms with Crippen LogP contribution in [-0.2, 0) is 10.0 Å². The lowest BCUT2D eigenvalue weighted by Gasteiger charge is -2.12. The molecule has 0 radical (unpaired) electrons. The minimum absolute atomic E-state index is 0.0599. The molecule has 1 amide bonds. The van der Waals surface area contributed by atoms with E-state index >= 15 is 0 Å². The first-order valence-corrected chi connectivity index (χ1v) is 11.6. The zero-order valence-electron chi connectivity index (χ0n) is 17.3. The number of hydrogen-bond acceptors (Lipinski definition) is 7. The third-order valence-corrected chi connectivity index (χ3v) is 6.33. The number of hydrogen-bond donors (Lipinski definition) is 2. The monoisotopic (exact) mass is 465 g/mol. The number of anilines is 2. The SMILES string of the molecule is O=C(Nc1ccc(NS(=O)(=O)c2ccc3c(c2)OCCCO3)cc1)c1cnn2cccnc12. The van der Waals surface area contributed by atoms with E-state index in [9.17, 15) is 13.2 Å². The van der Waals surface area contributed by atoms with Crippen molar-refractivity contribution < 1.29 is 22.7 Å². The van der Waals surface area contributed by atoms with Crippen LogP contribution in [0.4, 0.5) is 11.4 Å². The minimum atomic E-state index is -3.85. The van der Waals surface area contributed by atoms with Gasteiger partial charge in [0, 0.05) is 36.3 Å². The second-order valence-electron chi connectivity index (χ2n) is 7.24. The molecule has 2 aromatic heterocycles. The Hall–Kier alpha value is -4.12. The van der Waals surface area contributed by atoms with Crippen molar-refractivity contribution in [3.8, 4) is 11.5 Å². The summed E-state index contributed by atoms with van der Waals surface area (Å²) in [5, 5.41) is 6.85. The third kappa shape index (κ3) is 4.30. The number of aromatic nitrogens is 3. The summed E-state index contributed by atoms with van der Waals surface area (Å²) >= 11 is 0. The number of amides is 1. The minimum Gasteiger partial charge on any atom is -0.490 e. The summed E-state index contributed by atoms with van der Waals surface area (Å²) in [5.74, 6) is 0.549. The first kappa shape index (κ1) is 20.8. The molecule has 2 N–H and O–H groups in total. The van der Waals surface area contributed by atoms with E-state index < -0.39 is 10.0 Å². The molecule has 0 aliphatic carbocycles. The predicted molar refractivity (Wildman–Crippen MR) is 120 cm³/mol. The molecule has 168 valence electrons. The second-order valence-corrected chi connectivity index (χ2v) is 8.92. The molecule has 11 heteroatoms. The predicted octanol–water partition coefficient (Wildman–Crippen LogP) is 2.94. The van der Waals surface area contributed by atoms with Crippen molar-refractivity contribution in [3.63, 3.8) is 0 Å². The molecule has 0 saturated heterocycles. The Morgan fingerprint density at radius 3 is 2.58 bits per heavy atom. The lowest BCUT2D eigenvalue weighted by atomic mass is 10.2. The maximum Gasteiger partial charge on any atom is 0.262 e. The van der Waals surface area contributed by atoms with Crippen LogP contribution in [0.1, 0.15) is 16.8 Å². The molecular formula is C22H19N5O5S. The van der Waals surface area contributed by atoms with Crippen LogP contribution in [0.3, 0.4) is 0 Å². The molecule has 0 fully saturated rings. The zero-order valence-corrected chi connectivity index (χ0v) is 18.1. The normalized spacial score (nSPS) is 13.3. The third-order valence-electron chi connectivity index (χ3n) is 4.95. The molecule has 10 nitrogen and oxygen atoms in total. The van der Waals surface area contributed by atoms with E-state index in [0.717, 1.165) is 6.42 Å². The number of nitrogens with one attached hydrogen (secondary N) is 2. The standard InChI is InChI=1S/C22H19N5O5S/c28-22(18-14-24-27-10-1-9-23-21(18)27)25-15-3-5-16(6-4-15)26-33(29,30)17-7-8-19-20(13-17)32-12-2-11-31-19/h1,3-10,13-14,26H,2,11-12H2,(H,25,28). The van der Waals surface area contributed by atoms with Gasteiger partial charge in [-0.1, -0.05) is 0 Å². The van der Waals surface area contributed by atoms with Crippen LogP contribution in [0.25, 0.3) is 5.65 Å². The fraction of sp³-hybridized carbons (Fsp3) is 0.136. The van der Waals surface area contributed by atoms with E-state index in [1.54, 1.807) is 48.8 Å². The number of rotatable bonds is 5. The topological polar surface area (TPSA) is 124 Å². The van der Waals surface area contributed by atoms with Gasteiger partial charge in [0.2, 0.25) is 0 Å². The molecule has 0 unspecified atom stereocenters. The van der Waals surface area contributed by atoms with Crippen molar-refractivity contribution in [1.82, 2.24) is 14.6 Å². The zero-order chi connectivity index (χ0) is 22.8. The Balaban J connectivity index is 1.29. The van der Waals surface area contributed by atoms with Crippen LogP contribution >= 0.6 is 0 Å². The molecule has 4 aromatic rings. The van der Waals surface area contributed by atoms with E-state index in [1.807, 2.05) is 0 Å². The number of carbonyl (C=O) groups excluding carboxylic acids is 1. The molecular weight excluding hydrogens is 446 g/mol. The van der Waals surface area contributed by atoms with E-state index in [2.05, 4.69) is 20.1 Å². The van der Waals surface area contributed by atoms with Crippen molar-refractivity contribution in [3.05, 3.63) is 72.7 Å². The Labute approximate surface area is 189 Å². The quantitative estimate of drug-likeness (QED) is 0.464. The lowest BCUT2D eigenvalue weighted by Crippen LogP contribution is -2.14. The van der Waals surface area contributed by atoms with Gasteiger partial charge >= 0.3 is 0 Å². The van der Waals surface area contributed by atoms with Gasteiger partial charge in [-0.3, -0.25) is 9.52 Å². The number of carbonyl (C=O) groups is 1. The summed E-state index contributed by atoms with van der Waals surface area (Å²) < 4.78 is 40.8. The summed E-state index contributed by atoms with van der Waals surface area (Å²) in [6.07, 6.45) is 5.45. The van der Waals surface area contributed by atoms with Gasteiger partial charge in [-0.05, 0) is 42.5 Å². The maximum absolute atomic E-state index is 12.8. The molecule has 1 aliphatic heterocycles. The summed E-state index contributed by atoms with van der Waals surface area (Å²) in [6, 6.07) is 12.5. The summed E-state index contributed by atoms with van der Waals surface area (Å²) in [6.45, 7) is 0.983. The fourth-order valence-corrected chi connectivity index (χ4v) is 4.41. The molecule has 0 bridgehead atoms. The Morgan fingerprint density at radius 2 is 1.76 bits per heavy atom. The van der Waals surface area contributed by atoms with Gasteiger partial charge in [0.15, 0.2) is 17.1 Å². The molecule has 1 aliphatic rings. The average Bonchev–Trinajstić information content (AvgIpc) is 3.10. The van der Waals surface area contributed by atoms with Gasteiger partial charge < -0.3 is 14.8 Å². The first-order chi connectivity index (χ1) is 16.0. The van der Waals surface area contributed by atoms with Crippen LogP contribution < -0.4 is 19.5 Å². The highest BCUT2D eigenvalue weighted by atomic mass is 32.2. The second kappa shape index (κ2) is 8.43. The fourth-order valence-electron chi connectivity index (χ4n) is 3.33. The Morgan fingerprint density at radius 1 is 1.00 bits per heavy atom. The largest absolute Gasteiger partial charge is 0.490 e. The van der Waals surface area contributed by atoms with Gasteiger partial charge in [-0.2, -0.15) is 5.10 Å². The van der Waals surface area contributed by atoms with Crippen molar-refractivity contribution >= 4 is 33.0 Å². The average molecular weight is 465 g/mol. The number of sulfonamides is 1. The van der Waals surface area contributed by atoms with Gasteiger partial charge in [0.05, 0.1) is 24.3 Å². The molecule has 33 heavy (non-hydrogen) atoms. The maximum atomic E-state index is 12.8. The molecule has 3 heterocycles. The highest BCUT2D eigenvalue weighted by Gasteiger charge is 2.19. The smallest absolute Gasteiger partial charge is 0.262 e. The summed E-state index contributed by atoms with van der Waals surface area (Å²) in [7, 11) is -3.85. The highest BCUT2D eigenvalue weighted by molar-refractivity contribution is 7.92. The van der Waals surface area contributed by atoms with Crippen LogP contribution in [0, 0.1) is 0 Å². The summed E-state index contributed by atoms with van der Waals surface area (Å²) in [5.41, 5.74) is 1.61. The highest BCUT2D eigenvalue weighted by Crippen LogP contribution is 2.32. The van der Waals surface area contributed by atoms with Gasteiger partial charge in [-0.25, -0.2) is 17.9 Å². The summed E-state index contributed by atoms with van der Waals surface area (Å²) in [4.78, 5) is 16.8. The number of nitrogens with zero attached hydrogens (tertiary/aromatic N) is 3. The Bertz CT molecular complexity index is 1430. The van der Waals surface area contributed by atoms with Crippen molar-refractivity contribution in [2.24, 2.45) is 0 Å². The van der Waals surface area contributed by atoms with Crippen molar-refractivity contribution in [2.45, 2.75) is 11.3 Å². The molecule has 0 spiro atoms. The molecule has 5 rings (SSSR count). The van der Waals surface area contributed by atoms with Crippen LogP contribution in [0.2, 0.25) is 0 Å². The van der Waals surface area contributed by atoms with Crippen LogP contribution in [-0.4, -0.2) is 42.1 Å². The van der Waals surface area contributed by atoms with Gasteiger partial charge in [0.1, 0.15) is 5.56 Å². The number of ether oxygens (including phenoxy) is 2. The van der Waals surface area contributed by atoms with Gasteiger partial charge in [-0.15, -0.1) is 0 Å². The molecule has 0 atom stereocenters.